The van der Waals surface area contributed by atoms with Crippen LogP contribution in [0.5, 0.6) is 0 Å². The van der Waals surface area contributed by atoms with Crippen LogP contribution < -0.4 is 10.3 Å². The summed E-state index contributed by atoms with van der Waals surface area (Å²) in [5, 5.41) is 4.02. The summed E-state index contributed by atoms with van der Waals surface area (Å²) in [6, 6.07) is 28.3. The standard InChI is InChI=1S/C21H19N3O/c1-17(25)23-22-16-18-10-8-9-15-21(18)24(19-11-4-2-5-12-19)20-13-6-3-7-14-20/h2-16H,1H3,(H,23,25)/b22-16+. The molecule has 0 aliphatic carbocycles. The molecule has 0 unspecified atom stereocenters. The Morgan fingerprint density at radius 3 is 1.92 bits per heavy atom. The van der Waals surface area contributed by atoms with E-state index in [1.165, 1.54) is 6.92 Å². The van der Waals surface area contributed by atoms with Gasteiger partial charge in [-0.05, 0) is 30.3 Å². The van der Waals surface area contributed by atoms with Gasteiger partial charge in [-0.15, -0.1) is 0 Å². The zero-order valence-electron chi connectivity index (χ0n) is 14.0. The minimum atomic E-state index is -0.197. The van der Waals surface area contributed by atoms with Crippen molar-refractivity contribution in [3.63, 3.8) is 0 Å². The van der Waals surface area contributed by atoms with Crippen molar-refractivity contribution in [2.75, 3.05) is 4.90 Å². The molecule has 0 spiro atoms. The fourth-order valence-electron chi connectivity index (χ4n) is 2.57. The van der Waals surface area contributed by atoms with Crippen LogP contribution in [0.4, 0.5) is 17.1 Å². The average Bonchev–Trinajstić information content (AvgIpc) is 2.65. The number of nitrogens with one attached hydrogen (secondary N) is 1. The van der Waals surface area contributed by atoms with Crippen molar-refractivity contribution in [2.45, 2.75) is 6.92 Å². The molecule has 124 valence electrons. The monoisotopic (exact) mass is 329 g/mol. The van der Waals surface area contributed by atoms with E-state index in [1.54, 1.807) is 6.21 Å². The first-order valence-electron chi connectivity index (χ1n) is 8.04. The SMILES string of the molecule is CC(=O)N/N=C/c1ccccc1N(c1ccccc1)c1ccccc1. The lowest BCUT2D eigenvalue weighted by atomic mass is 10.1. The molecular formula is C21H19N3O. The third-order valence-corrected chi connectivity index (χ3v) is 3.63. The van der Waals surface area contributed by atoms with E-state index in [-0.39, 0.29) is 5.91 Å². The molecule has 0 bridgehead atoms. The summed E-state index contributed by atoms with van der Waals surface area (Å²) in [5.41, 5.74) is 6.44. The van der Waals surface area contributed by atoms with Crippen LogP contribution in [0.15, 0.2) is 90.0 Å². The van der Waals surface area contributed by atoms with Crippen LogP contribution in [0.25, 0.3) is 0 Å². The number of benzene rings is 3. The van der Waals surface area contributed by atoms with Gasteiger partial charge in [-0.1, -0.05) is 54.6 Å². The van der Waals surface area contributed by atoms with Crippen LogP contribution in [-0.2, 0) is 4.79 Å². The lowest BCUT2D eigenvalue weighted by Gasteiger charge is -2.26. The van der Waals surface area contributed by atoms with E-state index in [2.05, 4.69) is 39.7 Å². The predicted octanol–water partition coefficient (Wildman–Crippen LogP) is 4.63. The molecule has 0 aliphatic rings. The van der Waals surface area contributed by atoms with Crippen LogP contribution in [0.1, 0.15) is 12.5 Å². The Morgan fingerprint density at radius 1 is 0.840 bits per heavy atom. The van der Waals surface area contributed by atoms with Crippen molar-refractivity contribution in [1.82, 2.24) is 5.43 Å². The minimum absolute atomic E-state index is 0.197. The van der Waals surface area contributed by atoms with Crippen molar-refractivity contribution < 1.29 is 4.79 Å². The highest BCUT2D eigenvalue weighted by Crippen LogP contribution is 2.35. The Kier molecular flexibility index (Phi) is 5.22. The number of hydrazone groups is 1. The smallest absolute Gasteiger partial charge is 0.236 e. The molecule has 0 fully saturated rings. The molecule has 4 nitrogen and oxygen atoms in total. The third kappa shape index (κ3) is 4.12. The van der Waals surface area contributed by atoms with Crippen molar-refractivity contribution >= 4 is 29.2 Å². The fraction of sp³-hybridized carbons (Fsp3) is 0.0476. The molecular weight excluding hydrogens is 310 g/mol. The van der Waals surface area contributed by atoms with Crippen molar-refractivity contribution in [2.24, 2.45) is 5.10 Å². The summed E-state index contributed by atoms with van der Waals surface area (Å²) < 4.78 is 0. The van der Waals surface area contributed by atoms with Crippen molar-refractivity contribution in [3.05, 3.63) is 90.5 Å². The number of carbonyl (C=O) groups excluding carboxylic acids is 1. The molecule has 1 N–H and O–H groups in total. The van der Waals surface area contributed by atoms with E-state index in [1.807, 2.05) is 60.7 Å². The topological polar surface area (TPSA) is 44.7 Å². The summed E-state index contributed by atoms with van der Waals surface area (Å²) in [6.45, 7) is 1.43. The van der Waals surface area contributed by atoms with Gasteiger partial charge in [0.1, 0.15) is 0 Å². The number of nitrogens with zero attached hydrogens (tertiary/aromatic N) is 2. The van der Waals surface area contributed by atoms with E-state index in [9.17, 15) is 4.79 Å². The number of para-hydroxylation sites is 3. The number of amides is 1. The van der Waals surface area contributed by atoms with E-state index in [4.69, 9.17) is 0 Å². The fourth-order valence-corrected chi connectivity index (χ4v) is 2.57. The minimum Gasteiger partial charge on any atom is -0.310 e. The summed E-state index contributed by atoms with van der Waals surface area (Å²) >= 11 is 0. The van der Waals surface area contributed by atoms with Crippen LogP contribution >= 0.6 is 0 Å². The normalized spacial score (nSPS) is 10.6. The number of hydrogen-bond acceptors (Lipinski definition) is 3. The highest BCUT2D eigenvalue weighted by atomic mass is 16.2. The Hall–Kier alpha value is -3.40. The van der Waals surface area contributed by atoms with E-state index in [0.29, 0.717) is 0 Å². The molecule has 4 heteroatoms. The van der Waals surface area contributed by atoms with Crippen LogP contribution in [0, 0.1) is 0 Å². The molecule has 1 amide bonds. The molecule has 0 aromatic heterocycles. The molecule has 25 heavy (non-hydrogen) atoms. The molecule has 0 heterocycles. The first kappa shape index (κ1) is 16.5. The third-order valence-electron chi connectivity index (χ3n) is 3.63. The first-order valence-corrected chi connectivity index (χ1v) is 8.04. The number of hydrogen-bond donors (Lipinski definition) is 1. The van der Waals surface area contributed by atoms with Crippen molar-refractivity contribution in [1.29, 1.82) is 0 Å². The van der Waals surface area contributed by atoms with E-state index < -0.39 is 0 Å². The van der Waals surface area contributed by atoms with Gasteiger partial charge in [0.05, 0.1) is 11.9 Å². The second-order valence-corrected chi connectivity index (χ2v) is 5.49. The Labute approximate surface area is 147 Å². The van der Waals surface area contributed by atoms with Gasteiger partial charge in [0.15, 0.2) is 0 Å². The molecule has 0 aliphatic heterocycles. The largest absolute Gasteiger partial charge is 0.310 e. The summed E-state index contributed by atoms with van der Waals surface area (Å²) in [5.74, 6) is -0.197. The van der Waals surface area contributed by atoms with Crippen molar-refractivity contribution in [3.8, 4) is 0 Å². The zero-order chi connectivity index (χ0) is 17.5. The lowest BCUT2D eigenvalue weighted by molar-refractivity contribution is -0.118. The van der Waals surface area contributed by atoms with Gasteiger partial charge in [-0.2, -0.15) is 5.10 Å². The van der Waals surface area contributed by atoms with Gasteiger partial charge in [0.2, 0.25) is 5.91 Å². The molecule has 3 aromatic carbocycles. The highest BCUT2D eigenvalue weighted by Gasteiger charge is 2.14. The van der Waals surface area contributed by atoms with Gasteiger partial charge in [-0.25, -0.2) is 5.43 Å². The maximum atomic E-state index is 11.1. The molecule has 3 rings (SSSR count). The molecule has 0 saturated carbocycles. The second-order valence-electron chi connectivity index (χ2n) is 5.49. The summed E-state index contributed by atoms with van der Waals surface area (Å²) in [7, 11) is 0. The highest BCUT2D eigenvalue weighted by molar-refractivity contribution is 5.93. The number of rotatable bonds is 5. The average molecular weight is 329 g/mol. The molecule has 0 saturated heterocycles. The van der Waals surface area contributed by atoms with Crippen LogP contribution in [0.3, 0.4) is 0 Å². The Balaban J connectivity index is 2.09. The predicted molar refractivity (Wildman–Crippen MR) is 103 cm³/mol. The summed E-state index contributed by atoms with van der Waals surface area (Å²) in [6.07, 6.45) is 1.66. The maximum Gasteiger partial charge on any atom is 0.236 e. The first-order chi connectivity index (χ1) is 12.3. The summed E-state index contributed by atoms with van der Waals surface area (Å²) in [4.78, 5) is 13.2. The molecule has 0 radical (unpaired) electrons. The van der Waals surface area contributed by atoms with Gasteiger partial charge in [-0.3, -0.25) is 4.79 Å². The van der Waals surface area contributed by atoms with Gasteiger partial charge in [0, 0.05) is 23.9 Å². The lowest BCUT2D eigenvalue weighted by Crippen LogP contribution is -2.14. The number of anilines is 3. The van der Waals surface area contributed by atoms with Crippen LogP contribution in [0.2, 0.25) is 0 Å². The van der Waals surface area contributed by atoms with Gasteiger partial charge < -0.3 is 4.90 Å². The number of carbonyl (C=O) groups is 1. The maximum absolute atomic E-state index is 11.1. The van der Waals surface area contributed by atoms with Crippen LogP contribution in [-0.4, -0.2) is 12.1 Å². The Morgan fingerprint density at radius 2 is 1.36 bits per heavy atom. The Bertz CT molecular complexity index is 821. The van der Waals surface area contributed by atoms with E-state index in [0.717, 1.165) is 22.6 Å². The zero-order valence-corrected chi connectivity index (χ0v) is 14.0. The van der Waals surface area contributed by atoms with Gasteiger partial charge >= 0.3 is 0 Å². The van der Waals surface area contributed by atoms with Gasteiger partial charge in [0.25, 0.3) is 0 Å². The second kappa shape index (κ2) is 7.93. The quantitative estimate of drug-likeness (QED) is 0.548. The molecule has 0 atom stereocenters. The van der Waals surface area contributed by atoms with E-state index >= 15 is 0 Å². The molecule has 3 aromatic rings.